The summed E-state index contributed by atoms with van der Waals surface area (Å²) in [5.41, 5.74) is -1.51. The van der Waals surface area contributed by atoms with Gasteiger partial charge in [-0.25, -0.2) is 22.9 Å². The maximum atomic E-state index is 17.2. The van der Waals surface area contributed by atoms with E-state index in [-0.39, 0.29) is 63.8 Å². The minimum atomic E-state index is -0.964. The van der Waals surface area contributed by atoms with Gasteiger partial charge in [0.1, 0.15) is 41.4 Å². The normalized spacial score (nSPS) is 24.8. The summed E-state index contributed by atoms with van der Waals surface area (Å²) in [7, 11) is 0. The molecule has 1 saturated carbocycles. The van der Waals surface area contributed by atoms with Crippen molar-refractivity contribution < 1.29 is 32.5 Å². The number of phenols is 1. The van der Waals surface area contributed by atoms with Crippen molar-refractivity contribution in [1.82, 2.24) is 19.9 Å². The zero-order chi connectivity index (χ0) is 34.0. The Labute approximate surface area is 281 Å². The van der Waals surface area contributed by atoms with Crippen LogP contribution >= 0.6 is 0 Å². The number of carbonyl (C=O) groups is 1. The maximum Gasteiger partial charge on any atom is 0.357 e. The number of carbonyl (C=O) groups excluding carboxylic acids is 1. The lowest BCUT2D eigenvalue weighted by atomic mass is 9.95. The highest BCUT2D eigenvalue weighted by Crippen LogP contribution is 2.44. The van der Waals surface area contributed by atoms with Gasteiger partial charge in [0.15, 0.2) is 11.5 Å². The number of terminal acetylenes is 1. The number of benzene rings is 2. The largest absolute Gasteiger partial charge is 0.508 e. The Morgan fingerprint density at radius 2 is 1.92 bits per heavy atom. The quantitative estimate of drug-likeness (QED) is 0.182. The van der Waals surface area contributed by atoms with Crippen LogP contribution in [0.5, 0.6) is 11.8 Å². The molecule has 4 atom stereocenters. The third-order valence-electron chi connectivity index (χ3n) is 10.8. The van der Waals surface area contributed by atoms with Crippen LogP contribution in [0.25, 0.3) is 32.9 Å². The number of aromatic nitrogens is 3. The number of fused-ring (bicyclic) bond motifs is 5. The third-order valence-corrected chi connectivity index (χ3v) is 10.8. The van der Waals surface area contributed by atoms with Crippen LogP contribution < -0.4 is 9.64 Å². The number of hydrogen-bond acceptors (Lipinski definition) is 9. The van der Waals surface area contributed by atoms with Gasteiger partial charge in [-0.3, -0.25) is 4.90 Å². The van der Waals surface area contributed by atoms with E-state index in [0.717, 1.165) is 38.6 Å². The van der Waals surface area contributed by atoms with Gasteiger partial charge in [0, 0.05) is 37.0 Å². The smallest absolute Gasteiger partial charge is 0.357 e. The van der Waals surface area contributed by atoms with Crippen LogP contribution in [0, 0.1) is 35.8 Å². The number of rotatable bonds is 7. The van der Waals surface area contributed by atoms with Crippen LogP contribution in [-0.4, -0.2) is 82.0 Å². The fourth-order valence-corrected chi connectivity index (χ4v) is 8.74. The van der Waals surface area contributed by atoms with E-state index in [2.05, 4.69) is 25.7 Å². The van der Waals surface area contributed by atoms with Crippen LogP contribution in [0.4, 0.5) is 19.0 Å². The summed E-state index contributed by atoms with van der Waals surface area (Å²) in [6.45, 7) is 4.21. The van der Waals surface area contributed by atoms with E-state index in [1.54, 1.807) is 6.92 Å². The minimum absolute atomic E-state index is 0.0218. The van der Waals surface area contributed by atoms with Crippen molar-refractivity contribution in [2.24, 2.45) is 11.8 Å². The zero-order valence-electron chi connectivity index (χ0n) is 27.1. The van der Waals surface area contributed by atoms with Crippen molar-refractivity contribution in [3.8, 4) is 35.4 Å². The van der Waals surface area contributed by atoms with E-state index in [4.69, 9.17) is 20.9 Å². The number of piperidine rings is 1. The van der Waals surface area contributed by atoms with Crippen molar-refractivity contribution in [1.29, 1.82) is 0 Å². The summed E-state index contributed by atoms with van der Waals surface area (Å²) in [6.07, 6.45) is 9.98. The topological polar surface area (TPSA) is 101 Å². The molecule has 0 amide bonds. The Bertz CT molecular complexity index is 2040. The van der Waals surface area contributed by atoms with E-state index in [1.807, 2.05) is 0 Å². The lowest BCUT2D eigenvalue weighted by molar-refractivity contribution is 0.0522. The van der Waals surface area contributed by atoms with Gasteiger partial charge in [0.25, 0.3) is 0 Å². The van der Waals surface area contributed by atoms with Crippen molar-refractivity contribution in [2.75, 3.05) is 44.3 Å². The number of aromatic hydroxyl groups is 1. The van der Waals surface area contributed by atoms with E-state index in [0.29, 0.717) is 49.1 Å². The van der Waals surface area contributed by atoms with E-state index in [9.17, 15) is 14.3 Å². The van der Waals surface area contributed by atoms with Crippen molar-refractivity contribution in [3.63, 3.8) is 0 Å². The van der Waals surface area contributed by atoms with Gasteiger partial charge >= 0.3 is 12.0 Å². The summed E-state index contributed by atoms with van der Waals surface area (Å²) in [6, 6.07) is 5.11. The number of anilines is 1. The lowest BCUT2D eigenvalue weighted by Crippen LogP contribution is -2.43. The highest BCUT2D eigenvalue weighted by molar-refractivity contribution is 6.09. The summed E-state index contributed by atoms with van der Waals surface area (Å²) >= 11 is 0. The molecule has 2 unspecified atom stereocenters. The molecule has 4 fully saturated rings. The predicted molar refractivity (Wildman–Crippen MR) is 177 cm³/mol. The molecule has 5 heterocycles. The highest BCUT2D eigenvalue weighted by Gasteiger charge is 2.49. The van der Waals surface area contributed by atoms with Crippen LogP contribution in [0.1, 0.15) is 61.5 Å². The number of ether oxygens (including phenoxy) is 2. The molecule has 3 saturated heterocycles. The molecule has 12 heteroatoms. The van der Waals surface area contributed by atoms with Crippen LogP contribution in [0.2, 0.25) is 0 Å². The van der Waals surface area contributed by atoms with E-state index < -0.39 is 29.3 Å². The number of alkyl halides is 1. The van der Waals surface area contributed by atoms with Gasteiger partial charge in [-0.1, -0.05) is 12.0 Å². The number of esters is 1. The molecule has 2 aromatic carbocycles. The predicted octanol–water partition coefficient (Wildman–Crippen LogP) is 6.18. The Hall–Kier alpha value is -4.63. The van der Waals surface area contributed by atoms with Crippen molar-refractivity contribution in [3.05, 3.63) is 47.2 Å². The summed E-state index contributed by atoms with van der Waals surface area (Å²) in [5, 5.41) is 11.2. The third kappa shape index (κ3) is 5.30. The van der Waals surface area contributed by atoms with Gasteiger partial charge in [0.05, 0.1) is 23.1 Å². The molecule has 8 rings (SSSR count). The monoisotopic (exact) mass is 671 g/mol. The number of nitrogens with zero attached hydrogens (tertiary/aromatic N) is 5. The molecule has 49 heavy (non-hydrogen) atoms. The molecule has 2 aromatic heterocycles. The minimum Gasteiger partial charge on any atom is -0.508 e. The number of halogens is 3. The first kappa shape index (κ1) is 31.6. The molecule has 2 bridgehead atoms. The molecule has 9 nitrogen and oxygen atoms in total. The van der Waals surface area contributed by atoms with Crippen molar-refractivity contribution >= 4 is 33.5 Å². The summed E-state index contributed by atoms with van der Waals surface area (Å²) in [4.78, 5) is 31.7. The molecule has 4 aromatic rings. The lowest BCUT2D eigenvalue weighted by Gasteiger charge is -2.34. The van der Waals surface area contributed by atoms with Gasteiger partial charge in [0.2, 0.25) is 0 Å². The molecule has 1 aliphatic carbocycles. The Kier molecular flexibility index (Phi) is 7.78. The average Bonchev–Trinajstić information content (AvgIpc) is 3.73. The molecule has 0 spiro atoms. The molecule has 254 valence electrons. The molecular weight excluding hydrogens is 635 g/mol. The van der Waals surface area contributed by atoms with Gasteiger partial charge < -0.3 is 19.5 Å². The number of pyridine rings is 1. The fourth-order valence-electron chi connectivity index (χ4n) is 8.74. The first-order chi connectivity index (χ1) is 23.7. The zero-order valence-corrected chi connectivity index (χ0v) is 27.1. The van der Waals surface area contributed by atoms with Crippen LogP contribution in [-0.2, 0) is 4.74 Å². The standard InChI is InChI=1S/C37H36F3N5O4/c1-3-25-27(39)9-8-22-13-24(46)14-26(28(22)25)31-30(40)32-29(33(41-31)35(47)48-4-2)34(44-16-20-6-7-21(12-20)17-44)43-36(42-32)49-19-37-10-5-11-45(37)18-23(38)15-37/h1,8-9,13-14,20-21,23,46H,4-7,10-12,15-19H2,2H3/t20?,21?,23-,37+/m1/s1. The van der Waals surface area contributed by atoms with Crippen LogP contribution in [0.15, 0.2) is 24.3 Å². The molecular formula is C37H36F3N5O4. The van der Waals surface area contributed by atoms with Crippen LogP contribution in [0.3, 0.4) is 0 Å². The first-order valence-corrected chi connectivity index (χ1v) is 17.0. The second-order valence-electron chi connectivity index (χ2n) is 13.9. The molecule has 1 N–H and O–H groups in total. The Morgan fingerprint density at radius 3 is 2.67 bits per heavy atom. The summed E-state index contributed by atoms with van der Waals surface area (Å²) < 4.78 is 58.5. The fraction of sp³-hybridized carbons (Fsp3) is 0.459. The summed E-state index contributed by atoms with van der Waals surface area (Å²) in [5.74, 6) is 0.779. The molecule has 0 radical (unpaired) electrons. The van der Waals surface area contributed by atoms with E-state index in [1.165, 1.54) is 24.3 Å². The highest BCUT2D eigenvalue weighted by atomic mass is 19.1. The van der Waals surface area contributed by atoms with Gasteiger partial charge in [-0.15, -0.1) is 6.42 Å². The number of phenolic OH excluding ortho intramolecular Hbond substituents is 1. The second kappa shape index (κ2) is 12.1. The van der Waals surface area contributed by atoms with Gasteiger partial charge in [-0.05, 0) is 81.0 Å². The molecule has 4 aliphatic rings. The number of hydrogen-bond donors (Lipinski definition) is 1. The Morgan fingerprint density at radius 1 is 1.12 bits per heavy atom. The average molecular weight is 672 g/mol. The maximum absolute atomic E-state index is 17.2. The van der Waals surface area contributed by atoms with Gasteiger partial charge in [-0.2, -0.15) is 9.97 Å². The van der Waals surface area contributed by atoms with Crippen molar-refractivity contribution in [2.45, 2.75) is 57.2 Å². The molecule has 3 aliphatic heterocycles. The Balaban J connectivity index is 1.36. The SMILES string of the molecule is C#Cc1c(F)ccc2cc(O)cc(-c3nc(C(=O)OCC)c4c(N5CC6CCC(C6)C5)nc(OC[C@@]56CCCN5C[C@H](F)C6)nc4c3F)c12. The first-order valence-electron chi connectivity index (χ1n) is 17.0. The second-order valence-corrected chi connectivity index (χ2v) is 13.9. The van der Waals surface area contributed by atoms with E-state index >= 15 is 8.78 Å².